The molecule has 1 unspecified atom stereocenters. The maximum absolute atomic E-state index is 10.7. The average molecular weight is 430 g/mol. The van der Waals surface area contributed by atoms with Crippen LogP contribution in [0.4, 0.5) is 0 Å². The van der Waals surface area contributed by atoms with Crippen LogP contribution in [0.25, 0.3) is 0 Å². The monoisotopic (exact) mass is 429 g/mol. The quantitative estimate of drug-likeness (QED) is 0.444. The first-order chi connectivity index (χ1) is 14.5. The largest absolute Gasteiger partial charge is 0.383 e. The summed E-state index contributed by atoms with van der Waals surface area (Å²) in [6.07, 6.45) is 0. The predicted molar refractivity (Wildman–Crippen MR) is 126 cm³/mol. The molecule has 1 fully saturated rings. The number of hydrogen-bond acceptors (Lipinski definition) is 5. The summed E-state index contributed by atoms with van der Waals surface area (Å²) in [5, 5.41) is 19.2. The van der Waals surface area contributed by atoms with Gasteiger partial charge in [-0.3, -0.25) is 4.90 Å². The molecule has 1 aromatic carbocycles. The molecule has 0 bridgehead atoms. The van der Waals surface area contributed by atoms with Crippen molar-refractivity contribution in [2.45, 2.75) is 32.5 Å². The van der Waals surface area contributed by atoms with E-state index in [9.17, 15) is 5.11 Å². The summed E-state index contributed by atoms with van der Waals surface area (Å²) < 4.78 is 0. The second kappa shape index (κ2) is 10.9. The van der Waals surface area contributed by atoms with Gasteiger partial charge >= 0.3 is 0 Å². The van der Waals surface area contributed by atoms with Gasteiger partial charge in [0.05, 0.1) is 13.1 Å². The first-order valence-corrected chi connectivity index (χ1v) is 11.6. The molecule has 0 amide bonds. The normalized spacial score (nSPS) is 18.2. The summed E-state index contributed by atoms with van der Waals surface area (Å²) in [7, 11) is 2.19. The van der Waals surface area contributed by atoms with Crippen LogP contribution in [0.5, 0.6) is 0 Å². The lowest BCUT2D eigenvalue weighted by Crippen LogP contribution is -2.44. The van der Waals surface area contributed by atoms with Crippen LogP contribution in [0.15, 0.2) is 46.8 Å². The first-order valence-electron chi connectivity index (χ1n) is 10.7. The van der Waals surface area contributed by atoms with E-state index in [-0.39, 0.29) is 0 Å². The summed E-state index contributed by atoms with van der Waals surface area (Å²) in [5.41, 5.74) is 1.61. The van der Waals surface area contributed by atoms with E-state index in [4.69, 9.17) is 4.99 Å². The molecular weight excluding hydrogens is 394 g/mol. The molecule has 1 saturated heterocycles. The number of thiophene rings is 1. The van der Waals surface area contributed by atoms with Gasteiger partial charge in [-0.1, -0.05) is 30.3 Å². The zero-order chi connectivity index (χ0) is 21.4. The molecule has 1 aliphatic heterocycles. The predicted octanol–water partition coefficient (Wildman–Crippen LogP) is 2.46. The van der Waals surface area contributed by atoms with E-state index in [1.807, 2.05) is 31.4 Å². The van der Waals surface area contributed by atoms with Gasteiger partial charge in [-0.05, 0) is 43.5 Å². The van der Waals surface area contributed by atoms with Crippen LogP contribution < -0.4 is 10.6 Å². The van der Waals surface area contributed by atoms with Crippen molar-refractivity contribution in [3.8, 4) is 0 Å². The third-order valence-electron chi connectivity index (χ3n) is 5.44. The molecule has 1 atom stereocenters. The molecule has 2 aromatic rings. The van der Waals surface area contributed by atoms with E-state index in [0.29, 0.717) is 13.1 Å². The van der Waals surface area contributed by atoms with Crippen LogP contribution in [-0.4, -0.2) is 67.2 Å². The zero-order valence-corrected chi connectivity index (χ0v) is 19.2. The Bertz CT molecular complexity index is 780. The number of aliphatic imine (C=N–C) groups is 1. The maximum atomic E-state index is 10.7. The van der Waals surface area contributed by atoms with Gasteiger partial charge in [-0.15, -0.1) is 11.3 Å². The van der Waals surface area contributed by atoms with Gasteiger partial charge < -0.3 is 20.6 Å². The Hall–Kier alpha value is -1.93. The lowest BCUT2D eigenvalue weighted by atomic mass is 10.1. The second-order valence-corrected chi connectivity index (χ2v) is 9.14. The van der Waals surface area contributed by atoms with Gasteiger partial charge in [-0.25, -0.2) is 4.99 Å². The highest BCUT2D eigenvalue weighted by molar-refractivity contribution is 7.10. The standard InChI is InChI=1S/C23H35N5OS/c1-4-24-22(26-18-23(2,29)21-6-5-15-30-21)25-16-19-7-9-20(10-8-19)17-28-13-11-27(3)12-14-28/h5-10,15,29H,4,11-14,16-18H2,1-3H3,(H2,24,25,26). The fourth-order valence-electron chi connectivity index (χ4n) is 3.45. The number of guanidine groups is 1. The maximum Gasteiger partial charge on any atom is 0.191 e. The number of nitrogens with one attached hydrogen (secondary N) is 2. The Morgan fingerprint density at radius 3 is 2.43 bits per heavy atom. The fourth-order valence-corrected chi connectivity index (χ4v) is 4.24. The Labute approximate surface area is 184 Å². The van der Waals surface area contributed by atoms with E-state index in [1.54, 1.807) is 11.3 Å². The van der Waals surface area contributed by atoms with Gasteiger partial charge in [0.2, 0.25) is 0 Å². The first kappa shape index (κ1) is 22.7. The van der Waals surface area contributed by atoms with Gasteiger partial charge in [0.25, 0.3) is 0 Å². The molecule has 30 heavy (non-hydrogen) atoms. The van der Waals surface area contributed by atoms with E-state index in [0.717, 1.165) is 50.1 Å². The molecule has 6 nitrogen and oxygen atoms in total. The number of hydrogen-bond donors (Lipinski definition) is 3. The smallest absolute Gasteiger partial charge is 0.191 e. The molecule has 0 radical (unpaired) electrons. The van der Waals surface area contributed by atoms with Crippen molar-refractivity contribution < 1.29 is 5.11 Å². The third kappa shape index (κ3) is 6.80. The summed E-state index contributed by atoms with van der Waals surface area (Å²) in [6.45, 7) is 11.2. The second-order valence-electron chi connectivity index (χ2n) is 8.20. The average Bonchev–Trinajstić information content (AvgIpc) is 3.29. The zero-order valence-electron chi connectivity index (χ0n) is 18.4. The van der Waals surface area contributed by atoms with E-state index in [1.165, 1.54) is 11.1 Å². The number of rotatable bonds is 8. The minimum absolute atomic E-state index is 0.406. The Balaban J connectivity index is 1.52. The van der Waals surface area contributed by atoms with Crippen molar-refractivity contribution in [1.82, 2.24) is 20.4 Å². The lowest BCUT2D eigenvalue weighted by Gasteiger charge is -2.32. The van der Waals surface area contributed by atoms with E-state index in [2.05, 4.69) is 51.7 Å². The van der Waals surface area contributed by atoms with Gasteiger partial charge in [0.15, 0.2) is 5.96 Å². The number of benzene rings is 1. The number of piperazine rings is 1. The molecule has 1 aliphatic rings. The number of likely N-dealkylation sites (N-methyl/N-ethyl adjacent to an activating group) is 1. The summed E-state index contributed by atoms with van der Waals surface area (Å²) in [4.78, 5) is 10.5. The molecule has 2 heterocycles. The van der Waals surface area contributed by atoms with E-state index >= 15 is 0 Å². The third-order valence-corrected chi connectivity index (χ3v) is 6.56. The van der Waals surface area contributed by atoms with Crippen molar-refractivity contribution in [2.24, 2.45) is 4.99 Å². The molecule has 7 heteroatoms. The SMILES string of the molecule is CCNC(=NCc1ccc(CN2CCN(C)CC2)cc1)NCC(C)(O)c1cccs1. The molecule has 164 valence electrons. The molecule has 1 aromatic heterocycles. The van der Waals surface area contributed by atoms with Crippen LogP contribution in [-0.2, 0) is 18.7 Å². The molecule has 0 aliphatic carbocycles. The highest BCUT2D eigenvalue weighted by Gasteiger charge is 2.24. The van der Waals surface area contributed by atoms with Crippen molar-refractivity contribution >= 4 is 17.3 Å². The topological polar surface area (TPSA) is 63.1 Å². The van der Waals surface area contributed by atoms with Crippen LogP contribution >= 0.6 is 11.3 Å². The number of nitrogens with zero attached hydrogens (tertiary/aromatic N) is 3. The fraction of sp³-hybridized carbons (Fsp3) is 0.522. The Morgan fingerprint density at radius 1 is 1.10 bits per heavy atom. The van der Waals surface area contributed by atoms with Crippen molar-refractivity contribution in [3.05, 3.63) is 57.8 Å². The Kier molecular flexibility index (Phi) is 8.27. The minimum atomic E-state index is -0.921. The summed E-state index contributed by atoms with van der Waals surface area (Å²) in [5.74, 6) is 0.718. The van der Waals surface area contributed by atoms with Gasteiger partial charge in [0, 0.05) is 44.1 Å². The van der Waals surface area contributed by atoms with Gasteiger partial charge in [-0.2, -0.15) is 0 Å². The summed E-state index contributed by atoms with van der Waals surface area (Å²) >= 11 is 1.56. The molecule has 0 spiro atoms. The Morgan fingerprint density at radius 2 is 1.80 bits per heavy atom. The molecule has 3 rings (SSSR count). The molecule has 0 saturated carbocycles. The lowest BCUT2D eigenvalue weighted by molar-refractivity contribution is 0.0655. The molecule has 3 N–H and O–H groups in total. The van der Waals surface area contributed by atoms with Crippen LogP contribution in [0, 0.1) is 0 Å². The molecular formula is C23H35N5OS. The summed E-state index contributed by atoms with van der Waals surface area (Å²) in [6, 6.07) is 12.7. The van der Waals surface area contributed by atoms with Crippen molar-refractivity contribution in [1.29, 1.82) is 0 Å². The van der Waals surface area contributed by atoms with Gasteiger partial charge in [0.1, 0.15) is 5.60 Å². The van der Waals surface area contributed by atoms with Crippen LogP contribution in [0.3, 0.4) is 0 Å². The van der Waals surface area contributed by atoms with Crippen LogP contribution in [0.2, 0.25) is 0 Å². The van der Waals surface area contributed by atoms with Crippen molar-refractivity contribution in [3.63, 3.8) is 0 Å². The minimum Gasteiger partial charge on any atom is -0.383 e. The highest BCUT2D eigenvalue weighted by Crippen LogP contribution is 2.24. The van der Waals surface area contributed by atoms with E-state index < -0.39 is 5.60 Å². The highest BCUT2D eigenvalue weighted by atomic mass is 32.1. The van der Waals surface area contributed by atoms with Crippen molar-refractivity contribution in [2.75, 3.05) is 46.3 Å². The van der Waals surface area contributed by atoms with Crippen LogP contribution in [0.1, 0.15) is 29.9 Å². The number of aliphatic hydroxyl groups is 1.